The first-order valence-electron chi connectivity index (χ1n) is 5.19. The molecule has 2 fully saturated rings. The Labute approximate surface area is 84.9 Å². The average molecular weight is 219 g/mol. The van der Waals surface area contributed by atoms with Gasteiger partial charge in [-0.1, -0.05) is 0 Å². The van der Waals surface area contributed by atoms with Crippen LogP contribution < -0.4 is 5.32 Å². The lowest BCUT2D eigenvalue weighted by Gasteiger charge is -2.20. The lowest BCUT2D eigenvalue weighted by Crippen LogP contribution is -2.40. The van der Waals surface area contributed by atoms with Crippen LogP contribution in [-0.2, 0) is 14.6 Å². The zero-order valence-corrected chi connectivity index (χ0v) is 9.05. The Morgan fingerprint density at radius 3 is 2.93 bits per heavy atom. The van der Waals surface area contributed by atoms with Crippen LogP contribution in [0.1, 0.15) is 12.8 Å². The third kappa shape index (κ3) is 2.46. The van der Waals surface area contributed by atoms with E-state index in [0.29, 0.717) is 24.0 Å². The van der Waals surface area contributed by atoms with Gasteiger partial charge in [-0.2, -0.15) is 0 Å². The molecule has 0 aliphatic carbocycles. The van der Waals surface area contributed by atoms with Gasteiger partial charge in [-0.25, -0.2) is 8.42 Å². The van der Waals surface area contributed by atoms with Gasteiger partial charge in [0.05, 0.1) is 18.1 Å². The summed E-state index contributed by atoms with van der Waals surface area (Å²) in [5.41, 5.74) is 0. The molecule has 4 nitrogen and oxygen atoms in total. The molecule has 0 aromatic heterocycles. The van der Waals surface area contributed by atoms with Gasteiger partial charge in [-0.3, -0.25) is 0 Å². The first kappa shape index (κ1) is 10.4. The van der Waals surface area contributed by atoms with E-state index in [0.717, 1.165) is 26.0 Å². The van der Waals surface area contributed by atoms with Crippen LogP contribution in [0.15, 0.2) is 0 Å². The number of hydrogen-bond donors (Lipinski definition) is 1. The Bertz CT molecular complexity index is 282. The fourth-order valence-electron chi connectivity index (χ4n) is 2.17. The number of ether oxygens (including phenoxy) is 1. The van der Waals surface area contributed by atoms with E-state index in [1.165, 1.54) is 0 Å². The lowest BCUT2D eigenvalue weighted by atomic mass is 10.0. The zero-order valence-electron chi connectivity index (χ0n) is 8.24. The molecule has 2 saturated heterocycles. The van der Waals surface area contributed by atoms with Crippen LogP contribution in [0, 0.1) is 5.92 Å². The predicted molar refractivity (Wildman–Crippen MR) is 54.0 cm³/mol. The van der Waals surface area contributed by atoms with Crippen molar-refractivity contribution in [3.8, 4) is 0 Å². The Morgan fingerprint density at radius 1 is 1.36 bits per heavy atom. The average Bonchev–Trinajstić information content (AvgIpc) is 2.57. The maximum Gasteiger partial charge on any atom is 0.151 e. The largest absolute Gasteiger partial charge is 0.381 e. The SMILES string of the molecule is O=S1(=O)CCCNC(C2CCOC2)C1. The van der Waals surface area contributed by atoms with Crippen molar-refractivity contribution in [3.05, 3.63) is 0 Å². The van der Waals surface area contributed by atoms with Crippen LogP contribution in [0.2, 0.25) is 0 Å². The quantitative estimate of drug-likeness (QED) is 0.663. The zero-order chi connectivity index (χ0) is 10.0. The maximum absolute atomic E-state index is 11.6. The molecule has 0 saturated carbocycles. The number of rotatable bonds is 1. The molecule has 0 aromatic carbocycles. The van der Waals surface area contributed by atoms with Crippen molar-refractivity contribution in [2.45, 2.75) is 18.9 Å². The monoisotopic (exact) mass is 219 g/mol. The highest BCUT2D eigenvalue weighted by molar-refractivity contribution is 7.91. The van der Waals surface area contributed by atoms with Crippen molar-refractivity contribution in [3.63, 3.8) is 0 Å². The molecule has 0 radical (unpaired) electrons. The Hall–Kier alpha value is -0.130. The van der Waals surface area contributed by atoms with E-state index in [-0.39, 0.29) is 6.04 Å². The minimum atomic E-state index is -2.82. The number of hydrogen-bond acceptors (Lipinski definition) is 4. The van der Waals surface area contributed by atoms with Crippen molar-refractivity contribution in [1.29, 1.82) is 0 Å². The van der Waals surface area contributed by atoms with E-state index < -0.39 is 9.84 Å². The van der Waals surface area contributed by atoms with E-state index in [1.807, 2.05) is 0 Å². The molecule has 2 aliphatic rings. The van der Waals surface area contributed by atoms with Crippen molar-refractivity contribution >= 4 is 9.84 Å². The summed E-state index contributed by atoms with van der Waals surface area (Å²) >= 11 is 0. The molecule has 82 valence electrons. The van der Waals surface area contributed by atoms with Gasteiger partial charge in [0.25, 0.3) is 0 Å². The summed E-state index contributed by atoms with van der Waals surface area (Å²) in [6.07, 6.45) is 1.74. The molecule has 2 heterocycles. The van der Waals surface area contributed by atoms with E-state index in [4.69, 9.17) is 4.74 Å². The molecule has 14 heavy (non-hydrogen) atoms. The summed E-state index contributed by atoms with van der Waals surface area (Å²) in [4.78, 5) is 0. The normalized spacial score (nSPS) is 38.0. The first-order valence-corrected chi connectivity index (χ1v) is 7.01. The van der Waals surface area contributed by atoms with Gasteiger partial charge >= 0.3 is 0 Å². The highest BCUT2D eigenvalue weighted by atomic mass is 32.2. The second kappa shape index (κ2) is 4.16. The van der Waals surface area contributed by atoms with Crippen LogP contribution in [0.25, 0.3) is 0 Å². The standard InChI is InChI=1S/C9H17NO3S/c11-14(12)5-1-3-10-9(7-14)8-2-4-13-6-8/h8-10H,1-7H2. The van der Waals surface area contributed by atoms with Crippen LogP contribution >= 0.6 is 0 Å². The molecule has 0 spiro atoms. The predicted octanol–water partition coefficient (Wildman–Crippen LogP) is -0.200. The van der Waals surface area contributed by atoms with Gasteiger partial charge in [0.15, 0.2) is 9.84 Å². The summed E-state index contributed by atoms with van der Waals surface area (Å²) < 4.78 is 28.4. The second-order valence-electron chi connectivity index (χ2n) is 4.15. The fourth-order valence-corrected chi connectivity index (χ4v) is 3.86. The lowest BCUT2D eigenvalue weighted by molar-refractivity contribution is 0.179. The van der Waals surface area contributed by atoms with Crippen molar-refractivity contribution < 1.29 is 13.2 Å². The van der Waals surface area contributed by atoms with Crippen LogP contribution in [0.3, 0.4) is 0 Å². The van der Waals surface area contributed by atoms with Crippen LogP contribution in [0.4, 0.5) is 0 Å². The topological polar surface area (TPSA) is 55.4 Å². The Kier molecular flexibility index (Phi) is 3.09. The summed E-state index contributed by atoms with van der Waals surface area (Å²) in [5.74, 6) is 1.02. The first-order chi connectivity index (χ1) is 6.67. The van der Waals surface area contributed by atoms with Gasteiger partial charge in [-0.05, 0) is 19.4 Å². The van der Waals surface area contributed by atoms with Gasteiger partial charge in [0.1, 0.15) is 0 Å². The summed E-state index contributed by atoms with van der Waals surface area (Å²) in [7, 11) is -2.82. The molecule has 2 unspecified atom stereocenters. The molecule has 0 aromatic rings. The molecular weight excluding hydrogens is 202 g/mol. The molecular formula is C9H17NO3S. The van der Waals surface area contributed by atoms with Gasteiger partial charge in [-0.15, -0.1) is 0 Å². The van der Waals surface area contributed by atoms with Gasteiger partial charge in [0.2, 0.25) is 0 Å². The van der Waals surface area contributed by atoms with Gasteiger partial charge in [0, 0.05) is 18.6 Å². The van der Waals surface area contributed by atoms with Crippen LogP contribution in [0.5, 0.6) is 0 Å². The molecule has 1 N–H and O–H groups in total. The highest BCUT2D eigenvalue weighted by Crippen LogP contribution is 2.19. The Morgan fingerprint density at radius 2 is 2.21 bits per heavy atom. The summed E-state index contributed by atoms with van der Waals surface area (Å²) in [5, 5.41) is 3.32. The van der Waals surface area contributed by atoms with Crippen molar-refractivity contribution in [1.82, 2.24) is 5.32 Å². The highest BCUT2D eigenvalue weighted by Gasteiger charge is 2.31. The van der Waals surface area contributed by atoms with E-state index >= 15 is 0 Å². The van der Waals surface area contributed by atoms with Gasteiger partial charge < -0.3 is 10.1 Å². The molecule has 2 atom stereocenters. The molecule has 0 bridgehead atoms. The fraction of sp³-hybridized carbons (Fsp3) is 1.00. The minimum absolute atomic E-state index is 0.116. The van der Waals surface area contributed by atoms with Crippen molar-refractivity contribution in [2.24, 2.45) is 5.92 Å². The second-order valence-corrected chi connectivity index (χ2v) is 6.38. The molecule has 2 rings (SSSR count). The molecule has 0 amide bonds. The smallest absolute Gasteiger partial charge is 0.151 e. The third-order valence-electron chi connectivity index (χ3n) is 3.01. The van der Waals surface area contributed by atoms with E-state index in [9.17, 15) is 8.42 Å². The molecule has 5 heteroatoms. The minimum Gasteiger partial charge on any atom is -0.381 e. The number of sulfone groups is 1. The number of nitrogens with one attached hydrogen (secondary N) is 1. The van der Waals surface area contributed by atoms with Crippen molar-refractivity contribution in [2.75, 3.05) is 31.3 Å². The third-order valence-corrected chi connectivity index (χ3v) is 4.78. The van der Waals surface area contributed by atoms with Crippen LogP contribution in [-0.4, -0.2) is 45.7 Å². The Balaban J connectivity index is 2.03. The summed E-state index contributed by atoms with van der Waals surface area (Å²) in [6.45, 7) is 2.32. The van der Waals surface area contributed by atoms with E-state index in [1.54, 1.807) is 0 Å². The van der Waals surface area contributed by atoms with E-state index in [2.05, 4.69) is 5.32 Å². The summed E-state index contributed by atoms with van der Waals surface area (Å²) in [6, 6.07) is 0.116. The molecule has 2 aliphatic heterocycles. The maximum atomic E-state index is 11.6.